The molecule has 178 valence electrons. The number of nitrogens with one attached hydrogen (secondary N) is 3. The van der Waals surface area contributed by atoms with Crippen LogP contribution in [0.15, 0.2) is 83.8 Å². The lowest BCUT2D eigenvalue weighted by Crippen LogP contribution is -2.45. The molecule has 1 unspecified atom stereocenters. The normalized spacial score (nSPS) is 11.9. The molecule has 3 aromatic rings. The SMILES string of the molecule is CCOc1ccc(S(=O)(=O)NC(Cc2ccccc2)C(=O)Nc2cccc(NC(C)=O)c2)cc1. The molecule has 1 atom stereocenters. The van der Waals surface area contributed by atoms with Crippen LogP contribution in [0.3, 0.4) is 0 Å². The van der Waals surface area contributed by atoms with Gasteiger partial charge < -0.3 is 15.4 Å². The quantitative estimate of drug-likeness (QED) is 0.410. The van der Waals surface area contributed by atoms with Crippen LogP contribution in [0.5, 0.6) is 5.75 Å². The standard InChI is InChI=1S/C25H27N3O5S/c1-3-33-22-12-14-23(15-13-22)34(31,32)28-24(16-19-8-5-4-6-9-19)25(30)27-21-11-7-10-20(17-21)26-18(2)29/h4-15,17,24,28H,3,16H2,1-2H3,(H,26,29)(H,27,30). The minimum absolute atomic E-state index is 0.0227. The fraction of sp³-hybridized carbons (Fsp3) is 0.200. The Morgan fingerprint density at radius 2 is 1.53 bits per heavy atom. The lowest BCUT2D eigenvalue weighted by molar-refractivity contribution is -0.117. The van der Waals surface area contributed by atoms with Crippen molar-refractivity contribution < 1.29 is 22.7 Å². The molecular formula is C25H27N3O5S. The first kappa shape index (κ1) is 24.9. The molecule has 0 bridgehead atoms. The van der Waals surface area contributed by atoms with Gasteiger partial charge in [0.2, 0.25) is 21.8 Å². The van der Waals surface area contributed by atoms with E-state index in [-0.39, 0.29) is 17.2 Å². The summed E-state index contributed by atoms with van der Waals surface area (Å²) in [7, 11) is -4.00. The number of carbonyl (C=O) groups excluding carboxylic acids is 2. The van der Waals surface area contributed by atoms with Gasteiger partial charge in [-0.3, -0.25) is 9.59 Å². The van der Waals surface area contributed by atoms with Crippen molar-refractivity contribution in [3.8, 4) is 5.75 Å². The summed E-state index contributed by atoms with van der Waals surface area (Å²) in [6.45, 7) is 3.69. The Balaban J connectivity index is 1.83. The second kappa shape index (κ2) is 11.4. The second-order valence-corrected chi connectivity index (χ2v) is 9.23. The molecule has 9 heteroatoms. The van der Waals surface area contributed by atoms with Gasteiger partial charge in [0.15, 0.2) is 0 Å². The lowest BCUT2D eigenvalue weighted by atomic mass is 10.1. The first-order chi connectivity index (χ1) is 16.3. The zero-order valence-electron chi connectivity index (χ0n) is 18.9. The third-order valence-corrected chi connectivity index (χ3v) is 6.28. The molecule has 3 N–H and O–H groups in total. The molecule has 0 aliphatic carbocycles. The number of hydrogen-bond acceptors (Lipinski definition) is 5. The monoisotopic (exact) mass is 481 g/mol. The van der Waals surface area contributed by atoms with Gasteiger partial charge in [-0.2, -0.15) is 4.72 Å². The average Bonchev–Trinajstić information content (AvgIpc) is 2.79. The van der Waals surface area contributed by atoms with Crippen LogP contribution in [0.25, 0.3) is 0 Å². The summed E-state index contributed by atoms with van der Waals surface area (Å²) >= 11 is 0. The Bertz CT molecular complexity index is 1230. The van der Waals surface area contributed by atoms with Crippen LogP contribution in [0.2, 0.25) is 0 Å². The van der Waals surface area contributed by atoms with Gasteiger partial charge in [0.25, 0.3) is 0 Å². The topological polar surface area (TPSA) is 114 Å². The summed E-state index contributed by atoms with van der Waals surface area (Å²) < 4.78 is 34.0. The highest BCUT2D eigenvalue weighted by atomic mass is 32.2. The van der Waals surface area contributed by atoms with E-state index in [1.54, 1.807) is 36.4 Å². The molecule has 0 saturated heterocycles. The maximum atomic E-state index is 13.2. The highest BCUT2D eigenvalue weighted by Gasteiger charge is 2.26. The third kappa shape index (κ3) is 7.16. The van der Waals surface area contributed by atoms with Crippen LogP contribution in [0.1, 0.15) is 19.4 Å². The van der Waals surface area contributed by atoms with Crippen molar-refractivity contribution in [2.45, 2.75) is 31.2 Å². The predicted molar refractivity (Wildman–Crippen MR) is 131 cm³/mol. The summed E-state index contributed by atoms with van der Waals surface area (Å²) in [6, 6.07) is 20.7. The minimum Gasteiger partial charge on any atom is -0.494 e. The summed E-state index contributed by atoms with van der Waals surface area (Å²) in [5.41, 5.74) is 1.73. The van der Waals surface area contributed by atoms with Crippen molar-refractivity contribution in [2.75, 3.05) is 17.2 Å². The fourth-order valence-electron chi connectivity index (χ4n) is 3.28. The molecule has 0 saturated carbocycles. The molecule has 0 aliphatic rings. The molecular weight excluding hydrogens is 454 g/mol. The number of anilines is 2. The van der Waals surface area contributed by atoms with Gasteiger partial charge in [-0.15, -0.1) is 0 Å². The largest absolute Gasteiger partial charge is 0.494 e. The van der Waals surface area contributed by atoms with Crippen LogP contribution < -0.4 is 20.1 Å². The number of sulfonamides is 1. The lowest BCUT2D eigenvalue weighted by Gasteiger charge is -2.19. The fourth-order valence-corrected chi connectivity index (χ4v) is 4.48. The van der Waals surface area contributed by atoms with Crippen LogP contribution in [-0.2, 0) is 26.0 Å². The molecule has 3 aromatic carbocycles. The van der Waals surface area contributed by atoms with E-state index in [4.69, 9.17) is 4.74 Å². The predicted octanol–water partition coefficient (Wildman–Crippen LogP) is 3.57. The van der Waals surface area contributed by atoms with Gasteiger partial charge in [-0.1, -0.05) is 36.4 Å². The molecule has 0 aliphatic heterocycles. The number of ether oxygens (including phenoxy) is 1. The molecule has 0 aromatic heterocycles. The van der Waals surface area contributed by atoms with E-state index in [0.29, 0.717) is 23.7 Å². The van der Waals surface area contributed by atoms with Gasteiger partial charge in [0.1, 0.15) is 11.8 Å². The van der Waals surface area contributed by atoms with Gasteiger partial charge in [0.05, 0.1) is 11.5 Å². The van der Waals surface area contributed by atoms with Crippen molar-refractivity contribution in [3.63, 3.8) is 0 Å². The molecule has 8 nitrogen and oxygen atoms in total. The summed E-state index contributed by atoms with van der Waals surface area (Å²) in [5.74, 6) is -0.217. The van der Waals surface area contributed by atoms with Crippen molar-refractivity contribution in [3.05, 3.63) is 84.4 Å². The number of hydrogen-bond donors (Lipinski definition) is 3. The van der Waals surface area contributed by atoms with Crippen LogP contribution in [0.4, 0.5) is 11.4 Å². The molecule has 0 fully saturated rings. The molecule has 2 amide bonds. The Hall–Kier alpha value is -3.69. The smallest absolute Gasteiger partial charge is 0.242 e. The Morgan fingerprint density at radius 1 is 0.882 bits per heavy atom. The van der Waals surface area contributed by atoms with E-state index >= 15 is 0 Å². The first-order valence-electron chi connectivity index (χ1n) is 10.7. The number of amides is 2. The van der Waals surface area contributed by atoms with E-state index in [2.05, 4.69) is 15.4 Å². The van der Waals surface area contributed by atoms with Crippen molar-refractivity contribution in [1.82, 2.24) is 4.72 Å². The number of carbonyl (C=O) groups is 2. The highest BCUT2D eigenvalue weighted by Crippen LogP contribution is 2.19. The van der Waals surface area contributed by atoms with Crippen molar-refractivity contribution in [2.24, 2.45) is 0 Å². The van der Waals surface area contributed by atoms with Gasteiger partial charge in [0, 0.05) is 18.3 Å². The molecule has 0 radical (unpaired) electrons. The van der Waals surface area contributed by atoms with Gasteiger partial charge in [-0.05, 0) is 61.4 Å². The Labute approximate surface area is 199 Å². The van der Waals surface area contributed by atoms with E-state index in [1.165, 1.54) is 19.1 Å². The van der Waals surface area contributed by atoms with Crippen LogP contribution in [-0.4, -0.2) is 32.9 Å². The zero-order valence-corrected chi connectivity index (χ0v) is 19.8. The summed E-state index contributed by atoms with van der Waals surface area (Å²) in [4.78, 5) is 24.5. The van der Waals surface area contributed by atoms with E-state index in [9.17, 15) is 18.0 Å². The maximum absolute atomic E-state index is 13.2. The third-order valence-electron chi connectivity index (χ3n) is 4.79. The van der Waals surface area contributed by atoms with E-state index < -0.39 is 22.0 Å². The first-order valence-corrected chi connectivity index (χ1v) is 12.2. The molecule has 34 heavy (non-hydrogen) atoms. The number of benzene rings is 3. The zero-order chi connectivity index (χ0) is 24.6. The molecule has 0 heterocycles. The van der Waals surface area contributed by atoms with Gasteiger partial charge >= 0.3 is 0 Å². The minimum atomic E-state index is -4.00. The van der Waals surface area contributed by atoms with E-state index in [0.717, 1.165) is 5.56 Å². The average molecular weight is 482 g/mol. The Kier molecular flexibility index (Phi) is 8.39. The maximum Gasteiger partial charge on any atom is 0.242 e. The van der Waals surface area contributed by atoms with Crippen LogP contribution >= 0.6 is 0 Å². The van der Waals surface area contributed by atoms with Crippen molar-refractivity contribution in [1.29, 1.82) is 0 Å². The van der Waals surface area contributed by atoms with Crippen molar-refractivity contribution >= 4 is 33.2 Å². The summed E-state index contributed by atoms with van der Waals surface area (Å²) in [5, 5.41) is 5.39. The van der Waals surface area contributed by atoms with Gasteiger partial charge in [-0.25, -0.2) is 8.42 Å². The highest BCUT2D eigenvalue weighted by molar-refractivity contribution is 7.89. The van der Waals surface area contributed by atoms with Crippen LogP contribution in [0, 0.1) is 0 Å². The molecule has 0 spiro atoms. The van der Waals surface area contributed by atoms with E-state index in [1.807, 2.05) is 37.3 Å². The number of rotatable bonds is 10. The summed E-state index contributed by atoms with van der Waals surface area (Å²) in [6.07, 6.45) is 0.147. The molecule has 3 rings (SSSR count). The Morgan fingerprint density at radius 3 is 2.15 bits per heavy atom. The second-order valence-electron chi connectivity index (χ2n) is 7.52.